The van der Waals surface area contributed by atoms with Gasteiger partial charge >= 0.3 is 0 Å². The van der Waals surface area contributed by atoms with Gasteiger partial charge in [0, 0.05) is 38.4 Å². The van der Waals surface area contributed by atoms with Crippen molar-refractivity contribution in [3.63, 3.8) is 0 Å². The van der Waals surface area contributed by atoms with E-state index in [0.29, 0.717) is 19.0 Å². The SMILES string of the molecule is CC(=O)N1C[C@H]2CN(C(=O)c3scnc3C)C[C@H]2[C@@H]1c1ccccc1C. The summed E-state index contributed by atoms with van der Waals surface area (Å²) in [6.07, 6.45) is 0. The molecule has 0 bridgehead atoms. The molecule has 0 spiro atoms. The molecule has 0 N–H and O–H groups in total. The molecule has 136 valence electrons. The summed E-state index contributed by atoms with van der Waals surface area (Å²) in [7, 11) is 0. The van der Waals surface area contributed by atoms with E-state index in [-0.39, 0.29) is 23.8 Å². The molecule has 2 aromatic rings. The van der Waals surface area contributed by atoms with Crippen LogP contribution in [-0.4, -0.2) is 46.2 Å². The molecule has 0 aliphatic carbocycles. The average molecular weight is 369 g/mol. The third-order valence-corrected chi connectivity index (χ3v) is 6.72. The number of hydrogen-bond donors (Lipinski definition) is 0. The average Bonchev–Trinajstić information content (AvgIpc) is 3.28. The summed E-state index contributed by atoms with van der Waals surface area (Å²) in [5.41, 5.74) is 4.94. The van der Waals surface area contributed by atoms with Crippen molar-refractivity contribution >= 4 is 23.2 Å². The molecule has 2 aliphatic rings. The molecular formula is C20H23N3O2S. The molecule has 2 fully saturated rings. The first-order chi connectivity index (χ1) is 12.5. The second-order valence-corrected chi connectivity index (χ2v) is 8.23. The lowest BCUT2D eigenvalue weighted by Gasteiger charge is -2.30. The Labute approximate surface area is 157 Å². The molecule has 1 aromatic heterocycles. The van der Waals surface area contributed by atoms with E-state index in [1.165, 1.54) is 22.5 Å². The zero-order valence-corrected chi connectivity index (χ0v) is 16.1. The van der Waals surface area contributed by atoms with Gasteiger partial charge in [0.05, 0.1) is 17.2 Å². The maximum Gasteiger partial charge on any atom is 0.265 e. The largest absolute Gasteiger partial charge is 0.337 e. The summed E-state index contributed by atoms with van der Waals surface area (Å²) in [5, 5.41) is 0. The number of thiazole rings is 1. The summed E-state index contributed by atoms with van der Waals surface area (Å²) in [6, 6.07) is 8.34. The maximum atomic E-state index is 12.9. The van der Waals surface area contributed by atoms with Gasteiger partial charge in [0.25, 0.3) is 5.91 Å². The molecule has 5 nitrogen and oxygen atoms in total. The van der Waals surface area contributed by atoms with Crippen molar-refractivity contribution in [2.75, 3.05) is 19.6 Å². The van der Waals surface area contributed by atoms with Gasteiger partial charge < -0.3 is 9.80 Å². The van der Waals surface area contributed by atoms with Crippen molar-refractivity contribution in [1.29, 1.82) is 0 Å². The molecule has 3 atom stereocenters. The molecule has 2 aliphatic heterocycles. The highest BCUT2D eigenvalue weighted by Gasteiger charge is 2.49. The van der Waals surface area contributed by atoms with Crippen molar-refractivity contribution in [1.82, 2.24) is 14.8 Å². The normalized spacial score (nSPS) is 24.8. The molecule has 2 amide bonds. The Morgan fingerprint density at radius 3 is 2.58 bits per heavy atom. The van der Waals surface area contributed by atoms with Gasteiger partial charge in [-0.1, -0.05) is 24.3 Å². The van der Waals surface area contributed by atoms with Crippen LogP contribution in [0.5, 0.6) is 0 Å². The number of benzene rings is 1. The van der Waals surface area contributed by atoms with E-state index in [2.05, 4.69) is 24.0 Å². The van der Waals surface area contributed by atoms with Gasteiger partial charge in [-0.25, -0.2) is 4.98 Å². The van der Waals surface area contributed by atoms with Gasteiger partial charge in [0.1, 0.15) is 4.88 Å². The third kappa shape index (κ3) is 2.72. The monoisotopic (exact) mass is 369 g/mol. The fourth-order valence-electron chi connectivity index (χ4n) is 4.50. The van der Waals surface area contributed by atoms with Crippen LogP contribution in [-0.2, 0) is 4.79 Å². The molecule has 3 heterocycles. The van der Waals surface area contributed by atoms with Crippen LogP contribution in [0.4, 0.5) is 0 Å². The van der Waals surface area contributed by atoms with E-state index in [1.807, 2.05) is 28.9 Å². The highest BCUT2D eigenvalue weighted by Crippen LogP contribution is 2.46. The van der Waals surface area contributed by atoms with E-state index in [1.54, 1.807) is 12.4 Å². The van der Waals surface area contributed by atoms with Gasteiger partial charge in [-0.15, -0.1) is 11.3 Å². The predicted molar refractivity (Wildman–Crippen MR) is 101 cm³/mol. The smallest absolute Gasteiger partial charge is 0.265 e. The van der Waals surface area contributed by atoms with Crippen molar-refractivity contribution in [3.05, 3.63) is 51.5 Å². The van der Waals surface area contributed by atoms with Crippen LogP contribution in [0, 0.1) is 25.7 Å². The Kier molecular flexibility index (Phi) is 4.31. The van der Waals surface area contributed by atoms with Crippen molar-refractivity contribution in [3.8, 4) is 0 Å². The first-order valence-corrected chi connectivity index (χ1v) is 9.87. The van der Waals surface area contributed by atoms with Gasteiger partial charge in [-0.2, -0.15) is 0 Å². The lowest BCUT2D eigenvalue weighted by Crippen LogP contribution is -2.36. The summed E-state index contributed by atoms with van der Waals surface area (Å²) in [6.45, 7) is 7.77. The highest BCUT2D eigenvalue weighted by molar-refractivity contribution is 7.11. The van der Waals surface area contributed by atoms with E-state index in [4.69, 9.17) is 0 Å². The highest BCUT2D eigenvalue weighted by atomic mass is 32.1. The van der Waals surface area contributed by atoms with E-state index >= 15 is 0 Å². The summed E-state index contributed by atoms with van der Waals surface area (Å²) in [4.78, 5) is 34.1. The number of aromatic nitrogens is 1. The maximum absolute atomic E-state index is 12.9. The Hall–Kier alpha value is -2.21. The number of likely N-dealkylation sites (tertiary alicyclic amines) is 2. The second kappa shape index (κ2) is 6.50. The van der Waals surface area contributed by atoms with E-state index in [9.17, 15) is 9.59 Å². The summed E-state index contributed by atoms with van der Waals surface area (Å²) >= 11 is 1.41. The Balaban J connectivity index is 1.63. The first kappa shape index (κ1) is 17.2. The molecule has 2 saturated heterocycles. The van der Waals surface area contributed by atoms with Crippen LogP contribution in [0.3, 0.4) is 0 Å². The van der Waals surface area contributed by atoms with Crippen LogP contribution in [0.2, 0.25) is 0 Å². The van der Waals surface area contributed by atoms with Crippen LogP contribution in [0.1, 0.15) is 39.5 Å². The molecule has 4 rings (SSSR count). The van der Waals surface area contributed by atoms with Gasteiger partial charge in [0.15, 0.2) is 0 Å². The number of carbonyl (C=O) groups excluding carboxylic acids is 2. The number of fused-ring (bicyclic) bond motifs is 1. The first-order valence-electron chi connectivity index (χ1n) is 8.99. The number of carbonyl (C=O) groups is 2. The molecular weight excluding hydrogens is 346 g/mol. The summed E-state index contributed by atoms with van der Waals surface area (Å²) in [5.74, 6) is 0.819. The zero-order chi connectivity index (χ0) is 18.4. The van der Waals surface area contributed by atoms with Crippen LogP contribution in [0.15, 0.2) is 29.8 Å². The number of rotatable bonds is 2. The van der Waals surface area contributed by atoms with Crippen molar-refractivity contribution in [2.24, 2.45) is 11.8 Å². The lowest BCUT2D eigenvalue weighted by atomic mass is 9.87. The predicted octanol–water partition coefficient (Wildman–Crippen LogP) is 3.05. The minimum absolute atomic E-state index is 0.0547. The van der Waals surface area contributed by atoms with Crippen LogP contribution >= 0.6 is 11.3 Å². The molecule has 0 radical (unpaired) electrons. The van der Waals surface area contributed by atoms with Gasteiger partial charge in [-0.3, -0.25) is 9.59 Å². The van der Waals surface area contributed by atoms with Gasteiger partial charge in [-0.05, 0) is 25.0 Å². The number of hydrogen-bond acceptors (Lipinski definition) is 4. The zero-order valence-electron chi connectivity index (χ0n) is 15.3. The Morgan fingerprint density at radius 2 is 1.92 bits per heavy atom. The minimum Gasteiger partial charge on any atom is -0.337 e. The number of amides is 2. The Morgan fingerprint density at radius 1 is 1.15 bits per heavy atom. The standard InChI is InChI=1S/C20H23N3O2S/c1-12-6-4-5-7-16(12)18-17-10-22(8-15(17)9-23(18)14(3)24)20(25)19-13(2)21-11-26-19/h4-7,11,15,17-18H,8-10H2,1-3H3/t15-,17-,18+/m1/s1. The molecule has 0 saturated carbocycles. The molecule has 0 unspecified atom stereocenters. The lowest BCUT2D eigenvalue weighted by molar-refractivity contribution is -0.130. The van der Waals surface area contributed by atoms with Crippen LogP contribution in [0.25, 0.3) is 0 Å². The van der Waals surface area contributed by atoms with E-state index in [0.717, 1.165) is 17.1 Å². The van der Waals surface area contributed by atoms with Crippen LogP contribution < -0.4 is 0 Å². The molecule has 1 aromatic carbocycles. The summed E-state index contributed by atoms with van der Waals surface area (Å²) < 4.78 is 0. The number of nitrogens with zero attached hydrogens (tertiary/aromatic N) is 3. The molecule has 6 heteroatoms. The minimum atomic E-state index is 0.0547. The van der Waals surface area contributed by atoms with Crippen molar-refractivity contribution < 1.29 is 9.59 Å². The fraction of sp³-hybridized carbons (Fsp3) is 0.450. The van der Waals surface area contributed by atoms with Crippen molar-refractivity contribution in [2.45, 2.75) is 26.8 Å². The topological polar surface area (TPSA) is 53.5 Å². The number of aryl methyl sites for hydroxylation is 2. The Bertz CT molecular complexity index is 862. The quantitative estimate of drug-likeness (QED) is 0.818. The molecule has 26 heavy (non-hydrogen) atoms. The fourth-order valence-corrected chi connectivity index (χ4v) is 5.27. The van der Waals surface area contributed by atoms with Gasteiger partial charge in [0.2, 0.25) is 5.91 Å². The second-order valence-electron chi connectivity index (χ2n) is 7.37. The third-order valence-electron chi connectivity index (χ3n) is 5.80. The van der Waals surface area contributed by atoms with E-state index < -0.39 is 0 Å².